The minimum absolute atomic E-state index is 0.0715. The lowest BCUT2D eigenvalue weighted by Crippen LogP contribution is -2.56. The monoisotopic (exact) mass is 327 g/mol. The van der Waals surface area contributed by atoms with Crippen LogP contribution in [0.4, 0.5) is 5.69 Å². The number of aryl methyl sites for hydroxylation is 1. The number of anilines is 1. The van der Waals surface area contributed by atoms with E-state index in [9.17, 15) is 4.79 Å². The normalized spacial score (nSPS) is 21.6. The van der Waals surface area contributed by atoms with Gasteiger partial charge in [-0.3, -0.25) is 9.69 Å². The van der Waals surface area contributed by atoms with Gasteiger partial charge in [-0.2, -0.15) is 0 Å². The highest BCUT2D eigenvalue weighted by molar-refractivity contribution is 5.93. The molecule has 0 radical (unpaired) electrons. The van der Waals surface area contributed by atoms with E-state index in [4.69, 9.17) is 9.15 Å². The van der Waals surface area contributed by atoms with Crippen LogP contribution in [0.3, 0.4) is 0 Å². The average Bonchev–Trinajstić information content (AvgIpc) is 3.18. The Hall–Kier alpha value is -2.18. The molecule has 3 heterocycles. The van der Waals surface area contributed by atoms with Crippen LogP contribution < -0.4 is 5.32 Å². The van der Waals surface area contributed by atoms with E-state index in [0.717, 1.165) is 49.7 Å². The second-order valence-electron chi connectivity index (χ2n) is 6.48. The first-order valence-electron chi connectivity index (χ1n) is 8.34. The van der Waals surface area contributed by atoms with Crippen LogP contribution >= 0.6 is 0 Å². The molecule has 126 valence electrons. The molecule has 6 heteroatoms. The van der Waals surface area contributed by atoms with Gasteiger partial charge in [0.2, 0.25) is 5.91 Å². The molecule has 1 N–H and O–H groups in total. The Balaban J connectivity index is 1.31. The lowest BCUT2D eigenvalue weighted by Gasteiger charge is -2.41. The van der Waals surface area contributed by atoms with E-state index in [-0.39, 0.29) is 11.8 Å². The van der Waals surface area contributed by atoms with Gasteiger partial charge in [0.15, 0.2) is 11.7 Å². The number of amides is 1. The second kappa shape index (κ2) is 6.37. The summed E-state index contributed by atoms with van der Waals surface area (Å²) in [6.45, 7) is 5.12. The maximum Gasteiger partial charge on any atom is 0.230 e. The van der Waals surface area contributed by atoms with Crippen molar-refractivity contribution in [3.05, 3.63) is 36.4 Å². The van der Waals surface area contributed by atoms with Crippen LogP contribution in [-0.2, 0) is 9.53 Å². The number of hydrogen-bond donors (Lipinski definition) is 1. The van der Waals surface area contributed by atoms with Crippen LogP contribution in [0, 0.1) is 12.8 Å². The molecule has 2 aromatic rings. The zero-order chi connectivity index (χ0) is 16.5. The second-order valence-corrected chi connectivity index (χ2v) is 6.48. The Labute approximate surface area is 140 Å². The SMILES string of the molecule is Cc1ncc(-c2ccc(NC(=O)C3CN(C4CCOC4)C3)cc2)o1. The topological polar surface area (TPSA) is 67.6 Å². The van der Waals surface area contributed by atoms with E-state index in [1.54, 1.807) is 6.20 Å². The summed E-state index contributed by atoms with van der Waals surface area (Å²) in [4.78, 5) is 18.8. The smallest absolute Gasteiger partial charge is 0.230 e. The average molecular weight is 327 g/mol. The van der Waals surface area contributed by atoms with Gasteiger partial charge in [-0.15, -0.1) is 0 Å². The fourth-order valence-corrected chi connectivity index (χ4v) is 3.24. The first-order chi connectivity index (χ1) is 11.7. The number of nitrogens with one attached hydrogen (secondary N) is 1. The molecule has 1 atom stereocenters. The molecule has 0 bridgehead atoms. The molecule has 0 aliphatic carbocycles. The van der Waals surface area contributed by atoms with E-state index in [2.05, 4.69) is 15.2 Å². The van der Waals surface area contributed by atoms with Crippen molar-refractivity contribution < 1.29 is 13.9 Å². The number of hydrogen-bond acceptors (Lipinski definition) is 5. The predicted molar refractivity (Wildman–Crippen MR) is 89.6 cm³/mol. The number of likely N-dealkylation sites (tertiary alicyclic amines) is 1. The van der Waals surface area contributed by atoms with Crippen LogP contribution in [-0.4, -0.2) is 48.1 Å². The van der Waals surface area contributed by atoms with Gasteiger partial charge in [0.05, 0.1) is 18.7 Å². The van der Waals surface area contributed by atoms with Crippen molar-refractivity contribution in [1.29, 1.82) is 0 Å². The van der Waals surface area contributed by atoms with Crippen LogP contribution in [0.25, 0.3) is 11.3 Å². The molecule has 0 spiro atoms. The summed E-state index contributed by atoms with van der Waals surface area (Å²) in [5, 5.41) is 3.00. The molecular formula is C18H21N3O3. The van der Waals surface area contributed by atoms with Crippen LogP contribution in [0.5, 0.6) is 0 Å². The van der Waals surface area contributed by atoms with E-state index in [1.165, 1.54) is 0 Å². The predicted octanol–water partition coefficient (Wildman–Crippen LogP) is 2.31. The summed E-state index contributed by atoms with van der Waals surface area (Å²) < 4.78 is 10.9. The van der Waals surface area contributed by atoms with Crippen LogP contribution in [0.1, 0.15) is 12.3 Å². The molecule has 1 aromatic carbocycles. The lowest BCUT2D eigenvalue weighted by molar-refractivity contribution is -0.126. The number of nitrogens with zero attached hydrogens (tertiary/aromatic N) is 2. The summed E-state index contributed by atoms with van der Waals surface area (Å²) in [5.41, 5.74) is 1.76. The van der Waals surface area contributed by atoms with E-state index < -0.39 is 0 Å². The summed E-state index contributed by atoms with van der Waals surface area (Å²) in [6, 6.07) is 8.15. The highest BCUT2D eigenvalue weighted by Gasteiger charge is 2.37. The standard InChI is InChI=1S/C18H21N3O3/c1-12-19-8-17(24-12)13-2-4-15(5-3-13)20-18(22)14-9-21(10-14)16-6-7-23-11-16/h2-5,8,14,16H,6-7,9-11H2,1H3,(H,20,22). The number of carbonyl (C=O) groups is 1. The minimum Gasteiger partial charge on any atom is -0.441 e. The van der Waals surface area contributed by atoms with Gasteiger partial charge in [0.1, 0.15) is 0 Å². The Morgan fingerprint density at radius 1 is 1.29 bits per heavy atom. The van der Waals surface area contributed by atoms with E-state index in [1.807, 2.05) is 31.2 Å². The number of benzene rings is 1. The van der Waals surface area contributed by atoms with Gasteiger partial charge >= 0.3 is 0 Å². The summed E-state index contributed by atoms with van der Waals surface area (Å²) in [7, 11) is 0. The minimum atomic E-state index is 0.0715. The zero-order valence-electron chi connectivity index (χ0n) is 13.7. The summed E-state index contributed by atoms with van der Waals surface area (Å²) in [6.07, 6.45) is 2.79. The van der Waals surface area contributed by atoms with Gasteiger partial charge in [-0.25, -0.2) is 4.98 Å². The molecule has 2 aliphatic rings. The number of ether oxygens (including phenoxy) is 1. The highest BCUT2D eigenvalue weighted by atomic mass is 16.5. The molecular weight excluding hydrogens is 306 g/mol. The molecule has 24 heavy (non-hydrogen) atoms. The third-order valence-electron chi connectivity index (χ3n) is 4.76. The third-order valence-corrected chi connectivity index (χ3v) is 4.76. The molecule has 2 saturated heterocycles. The number of carbonyl (C=O) groups excluding carboxylic acids is 1. The van der Waals surface area contributed by atoms with Crippen molar-refractivity contribution >= 4 is 11.6 Å². The molecule has 4 rings (SSSR count). The molecule has 2 aliphatic heterocycles. The summed E-state index contributed by atoms with van der Waals surface area (Å²) in [5.74, 6) is 1.54. The Kier molecular flexibility index (Phi) is 4.08. The number of aromatic nitrogens is 1. The number of oxazole rings is 1. The van der Waals surface area contributed by atoms with Crippen molar-refractivity contribution in [1.82, 2.24) is 9.88 Å². The quantitative estimate of drug-likeness (QED) is 0.933. The molecule has 1 amide bonds. The fourth-order valence-electron chi connectivity index (χ4n) is 3.24. The highest BCUT2D eigenvalue weighted by Crippen LogP contribution is 2.26. The van der Waals surface area contributed by atoms with E-state index in [0.29, 0.717) is 11.9 Å². The van der Waals surface area contributed by atoms with Crippen molar-refractivity contribution in [2.75, 3.05) is 31.6 Å². The van der Waals surface area contributed by atoms with Gasteiger partial charge < -0.3 is 14.5 Å². The molecule has 1 aromatic heterocycles. The summed E-state index contributed by atoms with van der Waals surface area (Å²) >= 11 is 0. The molecule has 1 unspecified atom stereocenters. The Morgan fingerprint density at radius 2 is 2.08 bits per heavy atom. The van der Waals surface area contributed by atoms with Gasteiger partial charge in [-0.05, 0) is 30.7 Å². The van der Waals surface area contributed by atoms with Crippen LogP contribution in [0.15, 0.2) is 34.9 Å². The zero-order valence-corrected chi connectivity index (χ0v) is 13.7. The molecule has 0 saturated carbocycles. The first kappa shape index (κ1) is 15.4. The lowest BCUT2D eigenvalue weighted by atomic mass is 9.96. The van der Waals surface area contributed by atoms with Gasteiger partial charge in [0, 0.05) is 43.9 Å². The number of rotatable bonds is 4. The third kappa shape index (κ3) is 3.07. The maximum atomic E-state index is 12.3. The van der Waals surface area contributed by atoms with Crippen molar-refractivity contribution in [2.45, 2.75) is 19.4 Å². The van der Waals surface area contributed by atoms with Gasteiger partial charge in [-0.1, -0.05) is 0 Å². The molecule has 2 fully saturated rings. The van der Waals surface area contributed by atoms with Crippen molar-refractivity contribution in [3.8, 4) is 11.3 Å². The largest absolute Gasteiger partial charge is 0.441 e. The van der Waals surface area contributed by atoms with E-state index >= 15 is 0 Å². The van der Waals surface area contributed by atoms with Crippen LogP contribution in [0.2, 0.25) is 0 Å². The Bertz CT molecular complexity index is 713. The van der Waals surface area contributed by atoms with Gasteiger partial charge in [0.25, 0.3) is 0 Å². The Morgan fingerprint density at radius 3 is 2.71 bits per heavy atom. The first-order valence-corrected chi connectivity index (χ1v) is 8.34. The van der Waals surface area contributed by atoms with Crippen molar-refractivity contribution in [2.24, 2.45) is 5.92 Å². The maximum absolute atomic E-state index is 12.3. The molecule has 6 nitrogen and oxygen atoms in total. The van der Waals surface area contributed by atoms with Crippen molar-refractivity contribution in [3.63, 3.8) is 0 Å². The fraction of sp³-hybridized carbons (Fsp3) is 0.444.